The number of rotatable bonds is 2. The molecule has 0 saturated carbocycles. The summed E-state index contributed by atoms with van der Waals surface area (Å²) in [4.78, 5) is 11.1. The Morgan fingerprint density at radius 1 is 1.16 bits per heavy atom. The smallest absolute Gasteiger partial charge is 0.337 e. The van der Waals surface area contributed by atoms with Crippen LogP contribution in [-0.2, 0) is 0 Å². The Kier molecular flexibility index (Phi) is 3.01. The highest BCUT2D eigenvalue weighted by Gasteiger charge is 2.12. The molecule has 0 amide bonds. The van der Waals surface area contributed by atoms with E-state index in [1.165, 1.54) is 0 Å². The predicted octanol–water partition coefficient (Wildman–Crippen LogP) is 4.92. The van der Waals surface area contributed by atoms with Crippen molar-refractivity contribution < 1.29 is 9.90 Å². The maximum atomic E-state index is 11.1. The standard InChI is InChI=1S/C15H9ClO2S/c16-13-5-4-10(8-12(13)15(17)18)11-3-1-2-9-6-7-19-14(9)11/h1-8H,(H,17,18). The normalized spacial score (nSPS) is 10.8. The van der Waals surface area contributed by atoms with Crippen LogP contribution in [0, 0.1) is 0 Å². The molecule has 1 N–H and O–H groups in total. The molecule has 2 aromatic carbocycles. The molecular formula is C15H9ClO2S. The van der Waals surface area contributed by atoms with Gasteiger partial charge < -0.3 is 5.11 Å². The lowest BCUT2D eigenvalue weighted by Crippen LogP contribution is -1.97. The largest absolute Gasteiger partial charge is 0.478 e. The number of carboxylic acids is 1. The first-order valence-corrected chi connectivity index (χ1v) is 6.92. The lowest BCUT2D eigenvalue weighted by molar-refractivity contribution is 0.0697. The van der Waals surface area contributed by atoms with Crippen molar-refractivity contribution in [2.24, 2.45) is 0 Å². The first kappa shape index (κ1) is 12.2. The van der Waals surface area contributed by atoms with Gasteiger partial charge in [-0.25, -0.2) is 4.79 Å². The van der Waals surface area contributed by atoms with E-state index in [1.54, 1.807) is 23.5 Å². The van der Waals surface area contributed by atoms with E-state index in [0.717, 1.165) is 21.2 Å². The number of halogens is 1. The lowest BCUT2D eigenvalue weighted by Gasteiger charge is -2.06. The zero-order valence-electron chi connectivity index (χ0n) is 9.76. The molecule has 3 aromatic rings. The van der Waals surface area contributed by atoms with Crippen LogP contribution in [0.25, 0.3) is 21.2 Å². The Hall–Kier alpha value is -1.84. The van der Waals surface area contributed by atoms with Gasteiger partial charge in [-0.3, -0.25) is 0 Å². The minimum absolute atomic E-state index is 0.132. The Labute approximate surface area is 118 Å². The van der Waals surface area contributed by atoms with Crippen LogP contribution in [0.3, 0.4) is 0 Å². The third-order valence-electron chi connectivity index (χ3n) is 2.99. The molecule has 3 rings (SSSR count). The molecule has 19 heavy (non-hydrogen) atoms. The maximum absolute atomic E-state index is 11.1. The summed E-state index contributed by atoms with van der Waals surface area (Å²) in [6.45, 7) is 0. The van der Waals surface area contributed by atoms with Crippen LogP contribution in [0.2, 0.25) is 5.02 Å². The molecule has 0 aliphatic heterocycles. The summed E-state index contributed by atoms with van der Waals surface area (Å²) in [7, 11) is 0. The van der Waals surface area contributed by atoms with E-state index in [0.29, 0.717) is 0 Å². The van der Waals surface area contributed by atoms with Crippen LogP contribution in [0.15, 0.2) is 47.8 Å². The van der Waals surface area contributed by atoms with Gasteiger partial charge in [0.1, 0.15) is 0 Å². The number of hydrogen-bond donors (Lipinski definition) is 1. The second kappa shape index (κ2) is 4.68. The number of hydrogen-bond acceptors (Lipinski definition) is 2. The number of fused-ring (bicyclic) bond motifs is 1. The fourth-order valence-electron chi connectivity index (χ4n) is 2.08. The number of carbonyl (C=O) groups is 1. The van der Waals surface area contributed by atoms with Gasteiger partial charge in [-0.15, -0.1) is 11.3 Å². The van der Waals surface area contributed by atoms with Gasteiger partial charge in [0.15, 0.2) is 0 Å². The van der Waals surface area contributed by atoms with Crippen molar-refractivity contribution in [3.8, 4) is 11.1 Å². The third kappa shape index (κ3) is 2.11. The van der Waals surface area contributed by atoms with Gasteiger partial charge in [0.05, 0.1) is 10.6 Å². The molecule has 1 aromatic heterocycles. The Bertz CT molecular complexity index is 777. The van der Waals surface area contributed by atoms with E-state index < -0.39 is 5.97 Å². The Morgan fingerprint density at radius 3 is 2.79 bits per heavy atom. The summed E-state index contributed by atoms with van der Waals surface area (Å²) in [6.07, 6.45) is 0. The zero-order chi connectivity index (χ0) is 13.4. The highest BCUT2D eigenvalue weighted by molar-refractivity contribution is 7.17. The van der Waals surface area contributed by atoms with Crippen molar-refractivity contribution >= 4 is 39.0 Å². The van der Waals surface area contributed by atoms with Crippen LogP contribution >= 0.6 is 22.9 Å². The molecule has 1 heterocycles. The minimum Gasteiger partial charge on any atom is -0.478 e. The molecular weight excluding hydrogens is 280 g/mol. The molecule has 0 saturated heterocycles. The summed E-state index contributed by atoms with van der Waals surface area (Å²) in [6, 6.07) is 13.2. The van der Waals surface area contributed by atoms with E-state index >= 15 is 0 Å². The van der Waals surface area contributed by atoms with E-state index in [2.05, 4.69) is 6.07 Å². The van der Waals surface area contributed by atoms with Gasteiger partial charge in [0, 0.05) is 4.70 Å². The van der Waals surface area contributed by atoms with Gasteiger partial charge in [0.25, 0.3) is 0 Å². The molecule has 2 nitrogen and oxygen atoms in total. The second-order valence-corrected chi connectivity index (χ2v) is 5.47. The average molecular weight is 289 g/mol. The van der Waals surface area contributed by atoms with Crippen LogP contribution < -0.4 is 0 Å². The number of aromatic carboxylic acids is 1. The van der Waals surface area contributed by atoms with Crippen molar-refractivity contribution in [2.45, 2.75) is 0 Å². The monoisotopic (exact) mass is 288 g/mol. The molecule has 0 spiro atoms. The fraction of sp³-hybridized carbons (Fsp3) is 0. The predicted molar refractivity (Wildman–Crippen MR) is 79.2 cm³/mol. The SMILES string of the molecule is O=C(O)c1cc(-c2cccc3ccsc23)ccc1Cl. The quantitative estimate of drug-likeness (QED) is 0.727. The van der Waals surface area contributed by atoms with E-state index in [9.17, 15) is 4.79 Å². The maximum Gasteiger partial charge on any atom is 0.337 e. The highest BCUT2D eigenvalue weighted by Crippen LogP contribution is 2.34. The Morgan fingerprint density at radius 2 is 2.00 bits per heavy atom. The van der Waals surface area contributed by atoms with Crippen molar-refractivity contribution in [1.82, 2.24) is 0 Å². The van der Waals surface area contributed by atoms with Crippen LogP contribution in [-0.4, -0.2) is 11.1 Å². The molecule has 0 fully saturated rings. The average Bonchev–Trinajstić information content (AvgIpc) is 2.87. The molecule has 4 heteroatoms. The van der Waals surface area contributed by atoms with Gasteiger partial charge in [-0.05, 0) is 40.1 Å². The first-order valence-electron chi connectivity index (χ1n) is 5.66. The van der Waals surface area contributed by atoms with Crippen molar-refractivity contribution in [1.29, 1.82) is 0 Å². The molecule has 0 atom stereocenters. The molecule has 0 bridgehead atoms. The molecule has 0 radical (unpaired) electrons. The molecule has 0 unspecified atom stereocenters. The molecule has 0 aliphatic carbocycles. The van der Waals surface area contributed by atoms with Crippen molar-refractivity contribution in [3.05, 3.63) is 58.4 Å². The summed E-state index contributed by atoms with van der Waals surface area (Å²) in [5.74, 6) is -1.01. The lowest BCUT2D eigenvalue weighted by atomic mass is 10.0. The van der Waals surface area contributed by atoms with Crippen LogP contribution in [0.4, 0.5) is 0 Å². The van der Waals surface area contributed by atoms with E-state index in [4.69, 9.17) is 16.7 Å². The number of benzene rings is 2. The summed E-state index contributed by atoms with van der Waals surface area (Å²) in [5, 5.41) is 12.6. The third-order valence-corrected chi connectivity index (χ3v) is 4.28. The summed E-state index contributed by atoms with van der Waals surface area (Å²) < 4.78 is 1.15. The van der Waals surface area contributed by atoms with E-state index in [-0.39, 0.29) is 10.6 Å². The van der Waals surface area contributed by atoms with Gasteiger partial charge in [-0.2, -0.15) is 0 Å². The second-order valence-electron chi connectivity index (χ2n) is 4.14. The Balaban J connectivity index is 2.24. The van der Waals surface area contributed by atoms with Crippen LogP contribution in [0.5, 0.6) is 0 Å². The summed E-state index contributed by atoms with van der Waals surface area (Å²) in [5.41, 5.74) is 2.04. The fourth-order valence-corrected chi connectivity index (χ4v) is 3.21. The first-order chi connectivity index (χ1) is 9.16. The summed E-state index contributed by atoms with van der Waals surface area (Å²) >= 11 is 7.54. The van der Waals surface area contributed by atoms with Crippen molar-refractivity contribution in [2.75, 3.05) is 0 Å². The molecule has 0 aliphatic rings. The van der Waals surface area contributed by atoms with E-state index in [1.807, 2.05) is 29.6 Å². The number of thiophene rings is 1. The zero-order valence-corrected chi connectivity index (χ0v) is 11.3. The molecule has 94 valence electrons. The number of carboxylic acid groups (broad SMARTS) is 1. The van der Waals surface area contributed by atoms with Gasteiger partial charge in [0.2, 0.25) is 0 Å². The van der Waals surface area contributed by atoms with Crippen molar-refractivity contribution in [3.63, 3.8) is 0 Å². The van der Waals surface area contributed by atoms with Gasteiger partial charge in [-0.1, -0.05) is 35.9 Å². The van der Waals surface area contributed by atoms with Gasteiger partial charge >= 0.3 is 5.97 Å². The minimum atomic E-state index is -1.01. The van der Waals surface area contributed by atoms with Crippen LogP contribution in [0.1, 0.15) is 10.4 Å². The topological polar surface area (TPSA) is 37.3 Å². The highest BCUT2D eigenvalue weighted by atomic mass is 35.5.